The molecule has 2 heterocycles. The Balaban J connectivity index is 1.69. The summed E-state index contributed by atoms with van der Waals surface area (Å²) in [6.07, 6.45) is 0.253. The van der Waals surface area contributed by atoms with E-state index in [1.165, 1.54) is 17.2 Å². The van der Waals surface area contributed by atoms with Crippen LogP contribution in [0.15, 0.2) is 69.3 Å². The second-order valence-corrected chi connectivity index (χ2v) is 7.94. The molecule has 0 amide bonds. The fourth-order valence-corrected chi connectivity index (χ4v) is 4.04. The molecule has 0 atom stereocenters. The van der Waals surface area contributed by atoms with Crippen molar-refractivity contribution in [1.29, 1.82) is 0 Å². The van der Waals surface area contributed by atoms with E-state index in [9.17, 15) is 9.59 Å². The maximum absolute atomic E-state index is 11.7. The Labute approximate surface area is 182 Å². The minimum atomic E-state index is -0.549. The smallest absolute Gasteiger partial charge is 0.325 e. The van der Waals surface area contributed by atoms with E-state index >= 15 is 0 Å². The summed E-state index contributed by atoms with van der Waals surface area (Å²) in [5.74, 6) is 2.08. The summed E-state index contributed by atoms with van der Waals surface area (Å²) in [6, 6.07) is 17.3. The van der Waals surface area contributed by atoms with Gasteiger partial charge in [-0.2, -0.15) is 0 Å². The molecule has 0 fully saturated rings. The summed E-state index contributed by atoms with van der Waals surface area (Å²) in [6.45, 7) is 2.06. The van der Waals surface area contributed by atoms with Gasteiger partial charge < -0.3 is 9.72 Å². The third kappa shape index (κ3) is 4.95. The molecule has 4 rings (SSSR count). The fraction of sp³-hybridized carbons (Fsp3) is 0.182. The number of nitrogens with one attached hydrogen (secondary N) is 2. The minimum absolute atomic E-state index is 0.253. The van der Waals surface area contributed by atoms with Crippen molar-refractivity contribution in [2.45, 2.75) is 24.3 Å². The molecule has 0 radical (unpaired) electrons. The molecule has 8 nitrogen and oxygen atoms in total. The lowest BCUT2D eigenvalue weighted by atomic mass is 10.2. The lowest BCUT2D eigenvalue weighted by Gasteiger charge is -2.11. The molecule has 9 heteroatoms. The molecule has 0 aliphatic rings. The highest BCUT2D eigenvalue weighted by Gasteiger charge is 2.16. The average Bonchev–Trinajstić information content (AvgIpc) is 3.15. The normalized spacial score (nSPS) is 10.9. The number of thioether (sulfide) groups is 1. The van der Waals surface area contributed by atoms with Crippen LogP contribution in [0.2, 0.25) is 0 Å². The highest BCUT2D eigenvalue weighted by atomic mass is 32.2. The first kappa shape index (κ1) is 20.7. The topological polar surface area (TPSA) is 106 Å². The van der Waals surface area contributed by atoms with Gasteiger partial charge in [0, 0.05) is 29.6 Å². The Morgan fingerprint density at radius 3 is 2.42 bits per heavy atom. The predicted molar refractivity (Wildman–Crippen MR) is 119 cm³/mol. The third-order valence-corrected chi connectivity index (χ3v) is 5.68. The van der Waals surface area contributed by atoms with Crippen LogP contribution in [0.1, 0.15) is 22.6 Å². The molecule has 4 aromatic rings. The first-order valence-electron chi connectivity index (χ1n) is 9.61. The molecule has 0 spiro atoms. The van der Waals surface area contributed by atoms with Gasteiger partial charge in [-0.15, -0.1) is 10.2 Å². The van der Waals surface area contributed by atoms with Gasteiger partial charge in [0.1, 0.15) is 11.6 Å². The van der Waals surface area contributed by atoms with Gasteiger partial charge in [0.05, 0.1) is 7.11 Å². The van der Waals surface area contributed by atoms with Crippen LogP contribution in [0.25, 0.3) is 5.69 Å². The molecular weight excluding hydrogens is 414 g/mol. The Morgan fingerprint density at radius 1 is 1.00 bits per heavy atom. The number of methoxy groups -OCH3 is 1. The summed E-state index contributed by atoms with van der Waals surface area (Å²) >= 11 is 1.57. The summed E-state index contributed by atoms with van der Waals surface area (Å²) in [4.78, 5) is 28.1. The highest BCUT2D eigenvalue weighted by molar-refractivity contribution is 7.98. The van der Waals surface area contributed by atoms with Crippen molar-refractivity contribution in [3.8, 4) is 11.4 Å². The number of nitrogens with zero attached hydrogens (tertiary/aromatic N) is 3. The SMILES string of the molecule is COc1ccc(-n2c(Cc3cc(=O)[nH]c(=O)[nH]3)nnc2SCc2ccc(C)cc2)cc1. The van der Waals surface area contributed by atoms with Crippen molar-refractivity contribution in [2.24, 2.45) is 0 Å². The van der Waals surface area contributed by atoms with Crippen molar-refractivity contribution >= 4 is 11.8 Å². The van der Waals surface area contributed by atoms with Gasteiger partial charge >= 0.3 is 5.69 Å². The molecular formula is C22H21N5O3S. The Kier molecular flexibility index (Phi) is 6.03. The van der Waals surface area contributed by atoms with Crippen LogP contribution in [0.5, 0.6) is 5.75 Å². The second-order valence-electron chi connectivity index (χ2n) is 7.00. The number of H-pyrrole nitrogens is 2. The van der Waals surface area contributed by atoms with Crippen LogP contribution in [0.3, 0.4) is 0 Å². The molecule has 2 N–H and O–H groups in total. The lowest BCUT2D eigenvalue weighted by Crippen LogP contribution is -2.23. The number of ether oxygens (including phenoxy) is 1. The minimum Gasteiger partial charge on any atom is -0.497 e. The zero-order valence-corrected chi connectivity index (χ0v) is 17.9. The summed E-state index contributed by atoms with van der Waals surface area (Å²) in [5, 5.41) is 9.43. The summed E-state index contributed by atoms with van der Waals surface area (Å²) < 4.78 is 7.19. The van der Waals surface area contributed by atoms with Crippen LogP contribution in [-0.4, -0.2) is 31.8 Å². The van der Waals surface area contributed by atoms with Crippen molar-refractivity contribution < 1.29 is 4.74 Å². The summed E-state index contributed by atoms with van der Waals surface area (Å²) in [7, 11) is 1.62. The largest absolute Gasteiger partial charge is 0.497 e. The van der Waals surface area contributed by atoms with Gasteiger partial charge in [-0.3, -0.25) is 14.3 Å². The van der Waals surface area contributed by atoms with Crippen LogP contribution in [0.4, 0.5) is 0 Å². The molecule has 2 aromatic carbocycles. The molecule has 0 bridgehead atoms. The predicted octanol–water partition coefficient (Wildman–Crippen LogP) is 2.84. The number of hydrogen-bond acceptors (Lipinski definition) is 6. The van der Waals surface area contributed by atoms with E-state index < -0.39 is 11.2 Å². The van der Waals surface area contributed by atoms with Crippen LogP contribution in [-0.2, 0) is 12.2 Å². The van der Waals surface area contributed by atoms with Crippen LogP contribution in [0, 0.1) is 6.92 Å². The molecule has 0 aliphatic carbocycles. The van der Waals surface area contributed by atoms with Gasteiger partial charge in [-0.1, -0.05) is 41.6 Å². The highest BCUT2D eigenvalue weighted by Crippen LogP contribution is 2.27. The maximum atomic E-state index is 11.7. The standard InChI is InChI=1S/C22H21N5O3S/c1-14-3-5-15(6-4-14)13-31-22-26-25-19(11-16-12-20(28)24-21(29)23-16)27(22)17-7-9-18(30-2)10-8-17/h3-10,12H,11,13H2,1-2H3,(H2,23,24,28,29). The molecule has 0 saturated carbocycles. The van der Waals surface area contributed by atoms with Crippen molar-refractivity contribution in [1.82, 2.24) is 24.7 Å². The van der Waals surface area contributed by atoms with E-state index in [1.54, 1.807) is 18.9 Å². The monoisotopic (exact) mass is 435 g/mol. The third-order valence-electron chi connectivity index (χ3n) is 4.68. The Bertz CT molecular complexity index is 1260. The van der Waals surface area contributed by atoms with Gasteiger partial charge in [0.2, 0.25) is 0 Å². The number of aryl methyl sites for hydroxylation is 1. The number of aromatic nitrogens is 5. The Morgan fingerprint density at radius 2 is 1.74 bits per heavy atom. The second kappa shape index (κ2) is 9.05. The van der Waals surface area contributed by atoms with Crippen LogP contribution < -0.4 is 16.0 Å². The molecule has 0 saturated heterocycles. The molecule has 0 unspecified atom stereocenters. The van der Waals surface area contributed by atoms with E-state index in [1.807, 2.05) is 28.8 Å². The Hall–Kier alpha value is -3.59. The van der Waals surface area contributed by atoms with E-state index in [-0.39, 0.29) is 6.42 Å². The molecule has 2 aromatic heterocycles. The van der Waals surface area contributed by atoms with Crippen molar-refractivity contribution in [2.75, 3.05) is 7.11 Å². The molecule has 31 heavy (non-hydrogen) atoms. The molecule has 158 valence electrons. The number of rotatable bonds is 7. The maximum Gasteiger partial charge on any atom is 0.325 e. The van der Waals surface area contributed by atoms with Gasteiger partial charge in [0.25, 0.3) is 5.56 Å². The quantitative estimate of drug-likeness (QED) is 0.433. The molecule has 0 aliphatic heterocycles. The fourth-order valence-electron chi connectivity index (χ4n) is 3.12. The van der Waals surface area contributed by atoms with Crippen molar-refractivity contribution in [3.05, 3.63) is 98.1 Å². The van der Waals surface area contributed by atoms with E-state index in [4.69, 9.17) is 4.74 Å². The number of aromatic amines is 2. The van der Waals surface area contributed by atoms with Gasteiger partial charge in [0.15, 0.2) is 5.16 Å². The van der Waals surface area contributed by atoms with Gasteiger partial charge in [-0.25, -0.2) is 4.79 Å². The van der Waals surface area contributed by atoms with Crippen molar-refractivity contribution in [3.63, 3.8) is 0 Å². The number of benzene rings is 2. The first-order valence-corrected chi connectivity index (χ1v) is 10.6. The van der Waals surface area contributed by atoms with Gasteiger partial charge in [-0.05, 0) is 36.8 Å². The average molecular weight is 436 g/mol. The first-order chi connectivity index (χ1) is 15.0. The number of hydrogen-bond donors (Lipinski definition) is 2. The lowest BCUT2D eigenvalue weighted by molar-refractivity contribution is 0.414. The van der Waals surface area contributed by atoms with E-state index in [0.29, 0.717) is 16.7 Å². The zero-order chi connectivity index (χ0) is 21.8. The summed E-state index contributed by atoms with van der Waals surface area (Å²) in [5.41, 5.74) is 2.71. The van der Waals surface area contributed by atoms with E-state index in [0.717, 1.165) is 17.2 Å². The van der Waals surface area contributed by atoms with Crippen LogP contribution >= 0.6 is 11.8 Å². The zero-order valence-electron chi connectivity index (χ0n) is 17.1. The van der Waals surface area contributed by atoms with E-state index in [2.05, 4.69) is 51.4 Å².